The summed E-state index contributed by atoms with van der Waals surface area (Å²) in [6.07, 6.45) is 2.43. The lowest BCUT2D eigenvalue weighted by molar-refractivity contribution is 0.190. The number of halogens is 1. The zero-order valence-electron chi connectivity index (χ0n) is 14.9. The fraction of sp³-hybridized carbons (Fsp3) is 0.429. The molecule has 25 heavy (non-hydrogen) atoms. The molecule has 3 nitrogen and oxygen atoms in total. The number of hydrogen-bond acceptors (Lipinski definition) is 3. The molecule has 0 saturated carbocycles. The smallest absolute Gasteiger partial charge is 0.133 e. The van der Waals surface area contributed by atoms with Gasteiger partial charge in [0.05, 0.1) is 11.1 Å². The molecule has 1 N–H and O–H groups in total. The Labute approximate surface area is 159 Å². The number of hydrogen-bond donors (Lipinski definition) is 1. The number of nitrogens with zero attached hydrogens (tertiary/aromatic N) is 1. The van der Waals surface area contributed by atoms with E-state index < -0.39 is 0 Å². The van der Waals surface area contributed by atoms with Crippen molar-refractivity contribution < 1.29 is 4.74 Å². The van der Waals surface area contributed by atoms with Crippen molar-refractivity contribution in [2.75, 3.05) is 19.7 Å². The summed E-state index contributed by atoms with van der Waals surface area (Å²) in [5.74, 6) is 0.917. The Morgan fingerprint density at radius 1 is 1.08 bits per heavy atom. The van der Waals surface area contributed by atoms with Crippen LogP contribution in [0.3, 0.4) is 0 Å². The standard InChI is InChI=1S/C21H27BrN2O/c1-2-25-21-9-8-18(14-20(21)22)15-23-19-10-12-24(13-11-19)16-17-6-4-3-5-7-17/h3-9,14,19,23H,2,10-13,15-16H2,1H3. The molecule has 2 aromatic rings. The van der Waals surface area contributed by atoms with Crippen LogP contribution in [0.4, 0.5) is 0 Å². The van der Waals surface area contributed by atoms with Crippen molar-refractivity contribution >= 4 is 15.9 Å². The molecule has 1 fully saturated rings. The van der Waals surface area contributed by atoms with E-state index in [0.29, 0.717) is 12.6 Å². The molecular weight excluding hydrogens is 376 g/mol. The molecule has 0 aliphatic carbocycles. The molecule has 1 saturated heterocycles. The number of piperidine rings is 1. The highest BCUT2D eigenvalue weighted by atomic mass is 79.9. The molecule has 0 bridgehead atoms. The van der Waals surface area contributed by atoms with Crippen LogP contribution in [0.5, 0.6) is 5.75 Å². The summed E-state index contributed by atoms with van der Waals surface area (Å²) in [5, 5.41) is 3.71. The minimum absolute atomic E-state index is 0.609. The third-order valence-corrected chi connectivity index (χ3v) is 5.35. The minimum atomic E-state index is 0.609. The lowest BCUT2D eigenvalue weighted by Crippen LogP contribution is -2.41. The first kappa shape index (κ1) is 18.4. The molecule has 3 rings (SSSR count). The van der Waals surface area contributed by atoms with E-state index in [0.717, 1.165) is 23.3 Å². The number of benzene rings is 2. The predicted molar refractivity (Wildman–Crippen MR) is 107 cm³/mol. The Morgan fingerprint density at radius 3 is 2.52 bits per heavy atom. The molecule has 2 aromatic carbocycles. The van der Waals surface area contributed by atoms with Gasteiger partial charge in [-0.2, -0.15) is 0 Å². The number of ether oxygens (including phenoxy) is 1. The normalized spacial score (nSPS) is 16.1. The third-order valence-electron chi connectivity index (χ3n) is 4.73. The van der Waals surface area contributed by atoms with Crippen LogP contribution in [0.2, 0.25) is 0 Å². The van der Waals surface area contributed by atoms with Crippen molar-refractivity contribution in [2.45, 2.75) is 38.9 Å². The molecule has 4 heteroatoms. The van der Waals surface area contributed by atoms with Crippen LogP contribution in [0.1, 0.15) is 30.9 Å². The lowest BCUT2D eigenvalue weighted by atomic mass is 10.0. The molecule has 0 aromatic heterocycles. The first-order valence-electron chi connectivity index (χ1n) is 9.15. The molecule has 1 aliphatic heterocycles. The Bertz CT molecular complexity index is 654. The van der Waals surface area contributed by atoms with Crippen LogP contribution in [-0.4, -0.2) is 30.6 Å². The monoisotopic (exact) mass is 402 g/mol. The fourth-order valence-corrected chi connectivity index (χ4v) is 3.87. The van der Waals surface area contributed by atoms with Gasteiger partial charge in [0.15, 0.2) is 0 Å². The van der Waals surface area contributed by atoms with Crippen molar-refractivity contribution in [1.29, 1.82) is 0 Å². The van der Waals surface area contributed by atoms with Gasteiger partial charge in [0.1, 0.15) is 5.75 Å². The molecule has 0 radical (unpaired) electrons. The van der Waals surface area contributed by atoms with Crippen LogP contribution >= 0.6 is 15.9 Å². The third kappa shape index (κ3) is 5.56. The van der Waals surface area contributed by atoms with E-state index in [1.54, 1.807) is 0 Å². The van der Waals surface area contributed by atoms with E-state index in [2.05, 4.69) is 68.6 Å². The molecule has 0 amide bonds. The second kappa shape index (κ2) is 9.37. The maximum absolute atomic E-state index is 5.57. The highest BCUT2D eigenvalue weighted by Crippen LogP contribution is 2.26. The number of rotatable bonds is 7. The van der Waals surface area contributed by atoms with Gasteiger partial charge in [-0.05, 0) is 72.0 Å². The molecule has 0 atom stereocenters. The van der Waals surface area contributed by atoms with Crippen molar-refractivity contribution in [1.82, 2.24) is 10.2 Å². The van der Waals surface area contributed by atoms with E-state index in [-0.39, 0.29) is 0 Å². The summed E-state index contributed by atoms with van der Waals surface area (Å²) >= 11 is 3.59. The van der Waals surface area contributed by atoms with Crippen LogP contribution in [0.15, 0.2) is 53.0 Å². The highest BCUT2D eigenvalue weighted by molar-refractivity contribution is 9.10. The molecule has 1 heterocycles. The van der Waals surface area contributed by atoms with Crippen molar-refractivity contribution in [3.05, 3.63) is 64.1 Å². The van der Waals surface area contributed by atoms with Gasteiger partial charge in [-0.15, -0.1) is 0 Å². The largest absolute Gasteiger partial charge is 0.493 e. The van der Waals surface area contributed by atoms with E-state index in [9.17, 15) is 0 Å². The van der Waals surface area contributed by atoms with Crippen molar-refractivity contribution in [2.24, 2.45) is 0 Å². The first-order valence-corrected chi connectivity index (χ1v) is 9.95. The van der Waals surface area contributed by atoms with Crippen LogP contribution < -0.4 is 10.1 Å². The van der Waals surface area contributed by atoms with Crippen molar-refractivity contribution in [3.8, 4) is 5.75 Å². The molecular formula is C21H27BrN2O. The Balaban J connectivity index is 1.42. The number of likely N-dealkylation sites (tertiary alicyclic amines) is 1. The summed E-state index contributed by atoms with van der Waals surface area (Å²) in [5.41, 5.74) is 2.70. The van der Waals surface area contributed by atoms with E-state index >= 15 is 0 Å². The maximum atomic E-state index is 5.57. The van der Waals surface area contributed by atoms with E-state index in [1.807, 2.05) is 13.0 Å². The maximum Gasteiger partial charge on any atom is 0.133 e. The Kier molecular flexibility index (Phi) is 6.91. The SMILES string of the molecule is CCOc1ccc(CNC2CCN(Cc3ccccc3)CC2)cc1Br. The summed E-state index contributed by atoms with van der Waals surface area (Å²) in [4.78, 5) is 2.56. The predicted octanol–water partition coefficient (Wildman–Crippen LogP) is 4.60. The van der Waals surface area contributed by atoms with Crippen molar-refractivity contribution in [3.63, 3.8) is 0 Å². The average Bonchev–Trinajstić information content (AvgIpc) is 2.64. The van der Waals surface area contributed by atoms with E-state index in [1.165, 1.54) is 37.1 Å². The quantitative estimate of drug-likeness (QED) is 0.731. The Hall–Kier alpha value is -1.36. The average molecular weight is 403 g/mol. The van der Waals surface area contributed by atoms with Gasteiger partial charge in [0.25, 0.3) is 0 Å². The zero-order valence-corrected chi connectivity index (χ0v) is 16.5. The van der Waals surface area contributed by atoms with Crippen LogP contribution in [-0.2, 0) is 13.1 Å². The van der Waals surface area contributed by atoms with Gasteiger partial charge < -0.3 is 10.1 Å². The Morgan fingerprint density at radius 2 is 1.84 bits per heavy atom. The summed E-state index contributed by atoms with van der Waals surface area (Å²) < 4.78 is 6.61. The minimum Gasteiger partial charge on any atom is -0.493 e. The van der Waals surface area contributed by atoms with Gasteiger partial charge in [-0.3, -0.25) is 4.90 Å². The molecule has 0 unspecified atom stereocenters. The van der Waals surface area contributed by atoms with Gasteiger partial charge in [0.2, 0.25) is 0 Å². The lowest BCUT2D eigenvalue weighted by Gasteiger charge is -2.32. The van der Waals surface area contributed by atoms with Gasteiger partial charge in [-0.1, -0.05) is 36.4 Å². The molecule has 1 aliphatic rings. The highest BCUT2D eigenvalue weighted by Gasteiger charge is 2.18. The zero-order chi connectivity index (χ0) is 17.5. The van der Waals surface area contributed by atoms with Crippen LogP contribution in [0.25, 0.3) is 0 Å². The second-order valence-electron chi connectivity index (χ2n) is 6.61. The van der Waals surface area contributed by atoms with Gasteiger partial charge in [0, 0.05) is 19.1 Å². The second-order valence-corrected chi connectivity index (χ2v) is 7.47. The van der Waals surface area contributed by atoms with E-state index in [4.69, 9.17) is 4.74 Å². The topological polar surface area (TPSA) is 24.5 Å². The molecule has 0 spiro atoms. The van der Waals surface area contributed by atoms with Gasteiger partial charge >= 0.3 is 0 Å². The van der Waals surface area contributed by atoms with Crippen LogP contribution in [0, 0.1) is 0 Å². The fourth-order valence-electron chi connectivity index (χ4n) is 3.33. The summed E-state index contributed by atoms with van der Waals surface area (Å²) in [7, 11) is 0. The molecule has 134 valence electrons. The summed E-state index contributed by atoms with van der Waals surface area (Å²) in [6.45, 7) is 7.01. The van der Waals surface area contributed by atoms with Gasteiger partial charge in [-0.25, -0.2) is 0 Å². The summed E-state index contributed by atoms with van der Waals surface area (Å²) in [6, 6.07) is 17.7. The first-order chi connectivity index (χ1) is 12.2. The number of nitrogens with one attached hydrogen (secondary N) is 1.